The minimum Gasteiger partial charge on any atom is -0.503 e. The lowest BCUT2D eigenvalue weighted by Crippen LogP contribution is -2.08. The summed E-state index contributed by atoms with van der Waals surface area (Å²) in [7, 11) is 1.30. The average molecular weight is 200 g/mol. The van der Waals surface area contributed by atoms with Crippen molar-refractivity contribution in [3.8, 4) is 0 Å². The summed E-state index contributed by atoms with van der Waals surface area (Å²) in [5, 5.41) is 17.4. The van der Waals surface area contributed by atoms with Crippen molar-refractivity contribution in [3.05, 3.63) is 23.0 Å². The predicted molar refractivity (Wildman–Crippen MR) is 48.7 cm³/mol. The summed E-state index contributed by atoms with van der Waals surface area (Å²) in [4.78, 5) is 21.2. The molecule has 0 rings (SSSR count). The molecule has 0 saturated heterocycles. The number of hydrogen-bond donors (Lipinski definition) is 2. The first-order valence-corrected chi connectivity index (χ1v) is 3.79. The number of ether oxygens (including phenoxy) is 1. The third-order valence-electron chi connectivity index (χ3n) is 1.75. The quantitative estimate of drug-likeness (QED) is 0.402. The van der Waals surface area contributed by atoms with Gasteiger partial charge in [0, 0.05) is 5.57 Å². The summed E-state index contributed by atoms with van der Waals surface area (Å²) >= 11 is 0. The van der Waals surface area contributed by atoms with Gasteiger partial charge < -0.3 is 14.9 Å². The summed E-state index contributed by atoms with van der Waals surface area (Å²) < 4.78 is 4.55. The second kappa shape index (κ2) is 5.06. The third kappa shape index (κ3) is 2.93. The van der Waals surface area contributed by atoms with Gasteiger partial charge in [-0.2, -0.15) is 0 Å². The Morgan fingerprint density at radius 2 is 1.57 bits per heavy atom. The zero-order valence-corrected chi connectivity index (χ0v) is 8.20. The molecule has 0 heterocycles. The first-order chi connectivity index (χ1) is 6.41. The van der Waals surface area contributed by atoms with Crippen molar-refractivity contribution in [2.45, 2.75) is 13.8 Å². The van der Waals surface area contributed by atoms with Crippen LogP contribution in [0, 0.1) is 0 Å². The van der Waals surface area contributed by atoms with Gasteiger partial charge in [-0.15, -0.1) is 0 Å². The second-order valence-electron chi connectivity index (χ2n) is 2.63. The van der Waals surface area contributed by atoms with Crippen LogP contribution in [0.1, 0.15) is 13.8 Å². The predicted octanol–water partition coefficient (Wildman–Crippen LogP) is 1.02. The molecule has 0 spiro atoms. The maximum Gasteiger partial charge on any atom is 0.339 e. The number of rotatable bonds is 4. The summed E-state index contributed by atoms with van der Waals surface area (Å²) in [6, 6.07) is 0. The highest BCUT2D eigenvalue weighted by Crippen LogP contribution is 2.14. The van der Waals surface area contributed by atoms with Crippen LogP contribution in [0.5, 0.6) is 0 Å². The Morgan fingerprint density at radius 1 is 1.07 bits per heavy atom. The second-order valence-corrected chi connectivity index (χ2v) is 2.63. The van der Waals surface area contributed by atoms with Crippen LogP contribution in [0.25, 0.3) is 0 Å². The lowest BCUT2D eigenvalue weighted by Gasteiger charge is -2.04. The maximum absolute atomic E-state index is 10.7. The Balaban J connectivity index is 5.25. The smallest absolute Gasteiger partial charge is 0.339 e. The molecule has 0 aliphatic heterocycles. The summed E-state index contributed by atoms with van der Waals surface area (Å²) in [6.07, 6.45) is 1.00. The molecule has 0 aliphatic carbocycles. The van der Waals surface area contributed by atoms with E-state index < -0.39 is 11.9 Å². The average Bonchev–Trinajstić information content (AvgIpc) is 2.11. The van der Waals surface area contributed by atoms with Crippen LogP contribution in [0.4, 0.5) is 0 Å². The normalized spacial score (nSPS) is 13.2. The van der Waals surface area contributed by atoms with E-state index in [2.05, 4.69) is 4.74 Å². The molecule has 0 aromatic heterocycles. The fourth-order valence-corrected chi connectivity index (χ4v) is 0.779. The van der Waals surface area contributed by atoms with Gasteiger partial charge >= 0.3 is 11.9 Å². The van der Waals surface area contributed by atoms with Gasteiger partial charge in [0.05, 0.1) is 18.9 Å². The molecule has 0 saturated carbocycles. The standard InChI is InChI=1S/C9H12O5/c1-5(6(2)8(10)11)7(4-14-3)9(12)13/h4H,1-3H3,(H,10,11)(H,12,13)/b6-5+,7-4?. The van der Waals surface area contributed by atoms with E-state index in [-0.39, 0.29) is 16.7 Å². The molecule has 0 fully saturated rings. The molecule has 0 radical (unpaired) electrons. The van der Waals surface area contributed by atoms with Crippen molar-refractivity contribution in [1.82, 2.24) is 0 Å². The van der Waals surface area contributed by atoms with Crippen molar-refractivity contribution in [2.75, 3.05) is 7.11 Å². The molecular formula is C9H12O5. The van der Waals surface area contributed by atoms with Crippen LogP contribution in [-0.4, -0.2) is 29.3 Å². The molecule has 0 aromatic rings. The number of carboxylic acid groups (broad SMARTS) is 2. The van der Waals surface area contributed by atoms with Crippen LogP contribution in [0.2, 0.25) is 0 Å². The fourth-order valence-electron chi connectivity index (χ4n) is 0.779. The van der Waals surface area contributed by atoms with Gasteiger partial charge in [0.1, 0.15) is 0 Å². The molecule has 0 amide bonds. The minimum atomic E-state index is -1.22. The third-order valence-corrected chi connectivity index (χ3v) is 1.75. The van der Waals surface area contributed by atoms with Gasteiger partial charge in [-0.3, -0.25) is 0 Å². The Kier molecular flexibility index (Phi) is 4.42. The van der Waals surface area contributed by atoms with Gasteiger partial charge in [-0.1, -0.05) is 0 Å². The number of carbonyl (C=O) groups is 2. The monoisotopic (exact) mass is 200 g/mol. The first kappa shape index (κ1) is 12.2. The molecule has 0 unspecified atom stereocenters. The first-order valence-electron chi connectivity index (χ1n) is 3.79. The maximum atomic E-state index is 10.7. The van der Waals surface area contributed by atoms with E-state index in [4.69, 9.17) is 10.2 Å². The van der Waals surface area contributed by atoms with Crippen LogP contribution in [0.15, 0.2) is 23.0 Å². The van der Waals surface area contributed by atoms with Crippen LogP contribution in [0.3, 0.4) is 0 Å². The fraction of sp³-hybridized carbons (Fsp3) is 0.333. The van der Waals surface area contributed by atoms with Crippen LogP contribution >= 0.6 is 0 Å². The Labute approximate surface area is 81.3 Å². The molecule has 78 valence electrons. The summed E-state index contributed by atoms with van der Waals surface area (Å²) in [5.74, 6) is -2.37. The zero-order valence-electron chi connectivity index (χ0n) is 8.20. The number of hydrogen-bond acceptors (Lipinski definition) is 3. The van der Waals surface area contributed by atoms with E-state index in [0.29, 0.717) is 0 Å². The van der Waals surface area contributed by atoms with Crippen molar-refractivity contribution >= 4 is 11.9 Å². The van der Waals surface area contributed by atoms with E-state index in [0.717, 1.165) is 6.26 Å². The molecule has 2 N–H and O–H groups in total. The molecule has 0 aromatic carbocycles. The molecule has 14 heavy (non-hydrogen) atoms. The van der Waals surface area contributed by atoms with Gasteiger partial charge in [0.2, 0.25) is 0 Å². The Bertz CT molecular complexity index is 311. The van der Waals surface area contributed by atoms with Crippen LogP contribution in [-0.2, 0) is 14.3 Å². The summed E-state index contributed by atoms with van der Waals surface area (Å²) in [5.41, 5.74) is -0.00468. The molecule has 0 bridgehead atoms. The lowest BCUT2D eigenvalue weighted by atomic mass is 10.0. The molecule has 5 heteroatoms. The van der Waals surface area contributed by atoms with Crippen molar-refractivity contribution in [2.24, 2.45) is 0 Å². The molecular weight excluding hydrogens is 188 g/mol. The van der Waals surface area contributed by atoms with Crippen LogP contribution < -0.4 is 0 Å². The van der Waals surface area contributed by atoms with Crippen molar-refractivity contribution in [1.29, 1.82) is 0 Å². The van der Waals surface area contributed by atoms with E-state index in [1.165, 1.54) is 21.0 Å². The number of carboxylic acids is 2. The Hall–Kier alpha value is -1.78. The van der Waals surface area contributed by atoms with Crippen molar-refractivity contribution in [3.63, 3.8) is 0 Å². The van der Waals surface area contributed by atoms with E-state index >= 15 is 0 Å². The van der Waals surface area contributed by atoms with Gasteiger partial charge in [0.25, 0.3) is 0 Å². The van der Waals surface area contributed by atoms with E-state index in [9.17, 15) is 9.59 Å². The zero-order chi connectivity index (χ0) is 11.3. The van der Waals surface area contributed by atoms with Crippen molar-refractivity contribution < 1.29 is 24.5 Å². The van der Waals surface area contributed by atoms with E-state index in [1.807, 2.05) is 0 Å². The number of aliphatic carboxylic acids is 2. The SMILES string of the molecule is COC=C(C(=O)O)/C(C)=C(\C)C(=O)O. The Morgan fingerprint density at radius 3 is 1.86 bits per heavy atom. The molecule has 0 aliphatic rings. The largest absolute Gasteiger partial charge is 0.503 e. The molecule has 0 atom stereocenters. The number of methoxy groups -OCH3 is 1. The molecule has 5 nitrogen and oxygen atoms in total. The lowest BCUT2D eigenvalue weighted by molar-refractivity contribution is -0.132. The van der Waals surface area contributed by atoms with E-state index in [1.54, 1.807) is 0 Å². The highest BCUT2D eigenvalue weighted by molar-refractivity contribution is 5.96. The summed E-state index contributed by atoms with van der Waals surface area (Å²) in [6.45, 7) is 2.76. The van der Waals surface area contributed by atoms with Gasteiger partial charge in [-0.25, -0.2) is 9.59 Å². The minimum absolute atomic E-state index is 0.0179. The van der Waals surface area contributed by atoms with Gasteiger partial charge in [0.15, 0.2) is 0 Å². The van der Waals surface area contributed by atoms with Gasteiger partial charge in [-0.05, 0) is 19.4 Å². The highest BCUT2D eigenvalue weighted by Gasteiger charge is 2.15. The highest BCUT2D eigenvalue weighted by atomic mass is 16.5. The topological polar surface area (TPSA) is 83.8 Å².